The van der Waals surface area contributed by atoms with Crippen LogP contribution in [0.25, 0.3) is 0 Å². The third-order valence-electron chi connectivity index (χ3n) is 11.2. The fraction of sp³-hybridized carbons (Fsp3) is 0.897. The summed E-state index contributed by atoms with van der Waals surface area (Å²) in [6.07, 6.45) is 3.24. The number of carbonyl (C=O) groups is 3. The van der Waals surface area contributed by atoms with Crippen LogP contribution in [0.4, 0.5) is 0 Å². The molecule has 4 aliphatic carbocycles. The first-order valence-electron chi connectivity index (χ1n) is 14.1. The van der Waals surface area contributed by atoms with Gasteiger partial charge in [0.2, 0.25) is 0 Å². The minimum Gasteiger partial charge on any atom is -0.469 e. The molecule has 0 aromatic heterocycles. The van der Waals surface area contributed by atoms with Gasteiger partial charge in [0.1, 0.15) is 12.2 Å². The molecule has 4 rings (SSSR count). The molecule has 2 N–H and O–H groups in total. The van der Waals surface area contributed by atoms with Crippen LogP contribution >= 0.6 is 0 Å². The van der Waals surface area contributed by atoms with Gasteiger partial charge in [-0.15, -0.1) is 0 Å². The van der Waals surface area contributed by atoms with Crippen LogP contribution in [0, 0.1) is 46.3 Å². The molecule has 210 valence electrons. The zero-order valence-corrected chi connectivity index (χ0v) is 23.3. The number of ether oxygens (including phenoxy) is 3. The first-order valence-corrected chi connectivity index (χ1v) is 14.1. The zero-order chi connectivity index (χ0) is 27.3. The monoisotopic (exact) mass is 522 g/mol. The molecule has 0 spiro atoms. The Hall–Kier alpha value is -1.67. The van der Waals surface area contributed by atoms with E-state index < -0.39 is 12.2 Å². The normalized spacial score (nSPS) is 45.6. The summed E-state index contributed by atoms with van der Waals surface area (Å²) in [6.45, 7) is 9.46. The van der Waals surface area contributed by atoms with Gasteiger partial charge in [-0.2, -0.15) is 0 Å². The Morgan fingerprint density at radius 1 is 0.919 bits per heavy atom. The summed E-state index contributed by atoms with van der Waals surface area (Å²) in [5.74, 6) is -0.515. The van der Waals surface area contributed by atoms with E-state index >= 15 is 0 Å². The van der Waals surface area contributed by atoms with Gasteiger partial charge in [-0.1, -0.05) is 20.8 Å². The van der Waals surface area contributed by atoms with Gasteiger partial charge in [-0.25, -0.2) is 0 Å². The number of methoxy groups -OCH3 is 1. The second-order valence-electron chi connectivity index (χ2n) is 12.9. The molecule has 0 aromatic rings. The van der Waals surface area contributed by atoms with Crippen molar-refractivity contribution < 1.29 is 38.8 Å². The molecule has 0 unspecified atom stereocenters. The maximum absolute atomic E-state index is 12.3. The van der Waals surface area contributed by atoms with Crippen LogP contribution in [0.2, 0.25) is 0 Å². The fourth-order valence-electron chi connectivity index (χ4n) is 9.49. The van der Waals surface area contributed by atoms with Gasteiger partial charge >= 0.3 is 17.9 Å². The first-order chi connectivity index (χ1) is 17.3. The highest BCUT2D eigenvalue weighted by atomic mass is 16.5. The van der Waals surface area contributed by atoms with Crippen LogP contribution in [0.15, 0.2) is 0 Å². The number of hydrogen-bond acceptors (Lipinski definition) is 8. The Kier molecular flexibility index (Phi) is 8.03. The van der Waals surface area contributed by atoms with Gasteiger partial charge in [0.25, 0.3) is 0 Å². The largest absolute Gasteiger partial charge is 0.469 e. The molecular weight excluding hydrogens is 476 g/mol. The summed E-state index contributed by atoms with van der Waals surface area (Å²) in [6, 6.07) is 0. The van der Waals surface area contributed by atoms with E-state index in [0.717, 1.165) is 25.7 Å². The minimum absolute atomic E-state index is 0.0840. The van der Waals surface area contributed by atoms with Crippen LogP contribution in [0.3, 0.4) is 0 Å². The predicted molar refractivity (Wildman–Crippen MR) is 135 cm³/mol. The lowest BCUT2D eigenvalue weighted by molar-refractivity contribution is -0.248. The van der Waals surface area contributed by atoms with E-state index in [1.807, 2.05) is 0 Å². The number of carbonyl (C=O) groups excluding carboxylic acids is 3. The lowest BCUT2D eigenvalue weighted by atomic mass is 9.42. The van der Waals surface area contributed by atoms with Gasteiger partial charge in [-0.05, 0) is 85.9 Å². The number of hydrogen-bond donors (Lipinski definition) is 2. The fourth-order valence-corrected chi connectivity index (χ4v) is 9.49. The Bertz CT molecular complexity index is 889. The van der Waals surface area contributed by atoms with Crippen LogP contribution in [0.5, 0.6) is 0 Å². The standard InChI is InChI=1S/C29H46O8/c1-15(7-10-24(32)35-6)19-8-9-20-25-21(14-23(29(19,20)5)37-17(3)31)28(4)12-11-18(36-16(2)30)13-22(28)26(33)27(25)34/h15,18-23,25-27,33-34H,7-14H2,1-6H3/t15-,18+,19+,20-,21-,22-,23-,25-,26-,27+,28+,29+/m0/s1. The number of rotatable bonds is 6. The Labute approximate surface area is 220 Å². The van der Waals surface area contributed by atoms with Crippen LogP contribution in [0.1, 0.15) is 86.0 Å². The maximum atomic E-state index is 12.3. The second-order valence-corrected chi connectivity index (χ2v) is 12.9. The van der Waals surface area contributed by atoms with Crippen LogP contribution in [-0.4, -0.2) is 59.6 Å². The van der Waals surface area contributed by atoms with Crippen molar-refractivity contribution >= 4 is 17.9 Å². The van der Waals surface area contributed by atoms with E-state index in [-0.39, 0.29) is 76.5 Å². The van der Waals surface area contributed by atoms with Gasteiger partial charge in [0, 0.05) is 25.7 Å². The van der Waals surface area contributed by atoms with E-state index in [1.54, 1.807) is 0 Å². The summed E-state index contributed by atoms with van der Waals surface area (Å²) in [7, 11) is 1.40. The van der Waals surface area contributed by atoms with Crippen molar-refractivity contribution in [3.8, 4) is 0 Å². The van der Waals surface area contributed by atoms with Gasteiger partial charge in [0.05, 0.1) is 19.3 Å². The molecule has 12 atom stereocenters. The maximum Gasteiger partial charge on any atom is 0.305 e. The summed E-state index contributed by atoms with van der Waals surface area (Å²) < 4.78 is 16.5. The summed E-state index contributed by atoms with van der Waals surface area (Å²) in [5, 5.41) is 23.1. The molecular formula is C29H46O8. The zero-order valence-electron chi connectivity index (χ0n) is 23.3. The number of aliphatic hydroxyl groups excluding tert-OH is 2. The molecule has 0 radical (unpaired) electrons. The third-order valence-corrected chi connectivity index (χ3v) is 11.2. The topological polar surface area (TPSA) is 119 Å². The molecule has 8 nitrogen and oxygen atoms in total. The molecule has 0 heterocycles. The molecule has 4 fully saturated rings. The van der Waals surface area contributed by atoms with Gasteiger partial charge < -0.3 is 24.4 Å². The molecule has 0 amide bonds. The van der Waals surface area contributed by atoms with Crippen LogP contribution in [-0.2, 0) is 28.6 Å². The summed E-state index contributed by atoms with van der Waals surface area (Å²) in [4.78, 5) is 35.8. The lowest BCUT2D eigenvalue weighted by Crippen LogP contribution is -2.67. The van der Waals surface area contributed by atoms with Crippen molar-refractivity contribution in [1.82, 2.24) is 0 Å². The Morgan fingerprint density at radius 2 is 1.59 bits per heavy atom. The average molecular weight is 523 g/mol. The minimum atomic E-state index is -0.894. The SMILES string of the molecule is COC(=O)CC[C@H](C)[C@H]1CC[C@H]2[C@@H]3[C@@H](O)[C@@H](O)[C@@H]4C[C@H](OC(C)=O)CC[C@]4(C)[C@H]3C[C@H](OC(C)=O)[C@]12C. The predicted octanol–water partition coefficient (Wildman–Crippen LogP) is 3.65. The molecule has 0 aromatic carbocycles. The highest BCUT2D eigenvalue weighted by Gasteiger charge is 2.68. The number of fused-ring (bicyclic) bond motifs is 5. The molecule has 4 aliphatic rings. The molecule has 0 aliphatic heterocycles. The van der Waals surface area contributed by atoms with Gasteiger partial charge in [0.15, 0.2) is 0 Å². The van der Waals surface area contributed by atoms with Crippen molar-refractivity contribution in [3.63, 3.8) is 0 Å². The van der Waals surface area contributed by atoms with Crippen LogP contribution < -0.4 is 0 Å². The highest BCUT2D eigenvalue weighted by molar-refractivity contribution is 5.69. The molecule has 4 saturated carbocycles. The second kappa shape index (κ2) is 10.5. The summed E-state index contributed by atoms with van der Waals surface area (Å²) in [5.41, 5.74) is -0.616. The van der Waals surface area contributed by atoms with E-state index in [1.165, 1.54) is 21.0 Å². The molecule has 0 saturated heterocycles. The quantitative estimate of drug-likeness (QED) is 0.401. The van der Waals surface area contributed by atoms with Crippen molar-refractivity contribution in [3.05, 3.63) is 0 Å². The Morgan fingerprint density at radius 3 is 2.22 bits per heavy atom. The average Bonchev–Trinajstić information content (AvgIpc) is 3.19. The smallest absolute Gasteiger partial charge is 0.305 e. The van der Waals surface area contributed by atoms with E-state index in [2.05, 4.69) is 20.8 Å². The molecule has 8 heteroatoms. The number of esters is 3. The Balaban J connectivity index is 1.66. The molecule has 37 heavy (non-hydrogen) atoms. The lowest BCUT2D eigenvalue weighted by Gasteiger charge is -2.65. The van der Waals surface area contributed by atoms with Crippen molar-refractivity contribution in [1.29, 1.82) is 0 Å². The van der Waals surface area contributed by atoms with E-state index in [0.29, 0.717) is 25.7 Å². The first kappa shape index (κ1) is 28.3. The molecule has 0 bridgehead atoms. The van der Waals surface area contributed by atoms with Gasteiger partial charge in [-0.3, -0.25) is 14.4 Å². The van der Waals surface area contributed by atoms with Crippen molar-refractivity contribution in [2.45, 2.75) is 110 Å². The number of aliphatic hydroxyl groups is 2. The highest BCUT2D eigenvalue weighted by Crippen LogP contribution is 2.69. The summed E-state index contributed by atoms with van der Waals surface area (Å²) >= 11 is 0. The third kappa shape index (κ3) is 4.81. The van der Waals surface area contributed by atoms with E-state index in [9.17, 15) is 24.6 Å². The van der Waals surface area contributed by atoms with Crippen molar-refractivity contribution in [2.24, 2.45) is 46.3 Å². The van der Waals surface area contributed by atoms with Crippen molar-refractivity contribution in [2.75, 3.05) is 7.11 Å². The van der Waals surface area contributed by atoms with E-state index in [4.69, 9.17) is 14.2 Å².